The van der Waals surface area contributed by atoms with Crippen LogP contribution in [0.1, 0.15) is 22.9 Å². The minimum absolute atomic E-state index is 0.0636. The number of carbonyl (C=O) groups excluding carboxylic acids is 1. The van der Waals surface area contributed by atoms with Crippen LogP contribution in [-0.2, 0) is 11.2 Å². The van der Waals surface area contributed by atoms with Crippen LogP contribution in [-0.4, -0.2) is 24.6 Å². The third kappa shape index (κ3) is 5.71. The summed E-state index contributed by atoms with van der Waals surface area (Å²) in [5.41, 5.74) is 3.96. The number of hydrogen-bond donors (Lipinski definition) is 1. The first-order valence-corrected chi connectivity index (χ1v) is 10.6. The molecule has 0 radical (unpaired) electrons. The lowest BCUT2D eigenvalue weighted by atomic mass is 10.1. The monoisotopic (exact) mass is 433 g/mol. The van der Waals surface area contributed by atoms with Crippen LogP contribution in [0, 0.1) is 18.3 Å². The zero-order valence-electron chi connectivity index (χ0n) is 17.6. The molecule has 0 saturated heterocycles. The average molecular weight is 434 g/mol. The zero-order valence-corrected chi connectivity index (χ0v) is 18.5. The van der Waals surface area contributed by atoms with Crippen molar-refractivity contribution in [3.63, 3.8) is 0 Å². The molecule has 3 aromatic rings. The summed E-state index contributed by atoms with van der Waals surface area (Å²) >= 11 is 1.44. The maximum absolute atomic E-state index is 12.4. The van der Waals surface area contributed by atoms with E-state index in [1.807, 2.05) is 13.0 Å². The van der Waals surface area contributed by atoms with Crippen LogP contribution in [0.3, 0.4) is 0 Å². The van der Waals surface area contributed by atoms with Crippen molar-refractivity contribution in [2.75, 3.05) is 19.0 Å². The second-order valence-corrected chi connectivity index (χ2v) is 7.86. The molecule has 0 atom stereocenters. The molecule has 158 valence electrons. The highest BCUT2D eigenvalue weighted by Gasteiger charge is 2.11. The summed E-state index contributed by atoms with van der Waals surface area (Å²) in [5, 5.41) is 12.0. The van der Waals surface area contributed by atoms with Crippen LogP contribution in [0.4, 0.5) is 5.13 Å². The molecule has 1 heterocycles. The normalized spacial score (nSPS) is 10.6. The van der Waals surface area contributed by atoms with Gasteiger partial charge in [-0.3, -0.25) is 10.1 Å². The lowest BCUT2D eigenvalue weighted by molar-refractivity contribution is -0.111. The predicted octanol–water partition coefficient (Wildman–Crippen LogP) is 5.24. The van der Waals surface area contributed by atoms with Crippen molar-refractivity contribution in [3.8, 4) is 28.8 Å². The predicted molar refractivity (Wildman–Crippen MR) is 123 cm³/mol. The Hall–Kier alpha value is -3.63. The molecule has 3 rings (SSSR count). The van der Waals surface area contributed by atoms with E-state index in [0.717, 1.165) is 28.1 Å². The van der Waals surface area contributed by atoms with E-state index in [1.165, 1.54) is 30.1 Å². The van der Waals surface area contributed by atoms with Crippen LogP contribution in [0.2, 0.25) is 0 Å². The highest BCUT2D eigenvalue weighted by molar-refractivity contribution is 7.16. The van der Waals surface area contributed by atoms with Crippen LogP contribution < -0.4 is 14.8 Å². The number of methoxy groups -OCH3 is 1. The topological polar surface area (TPSA) is 84.2 Å². The van der Waals surface area contributed by atoms with E-state index in [2.05, 4.69) is 41.5 Å². The summed E-state index contributed by atoms with van der Waals surface area (Å²) in [6.45, 7) is 4.05. The van der Waals surface area contributed by atoms with Crippen molar-refractivity contribution in [2.24, 2.45) is 0 Å². The van der Waals surface area contributed by atoms with Crippen molar-refractivity contribution in [1.29, 1.82) is 5.26 Å². The van der Waals surface area contributed by atoms with Crippen molar-refractivity contribution in [2.45, 2.75) is 20.3 Å². The minimum atomic E-state index is -0.273. The Morgan fingerprint density at radius 2 is 2.00 bits per heavy atom. The molecule has 6 nitrogen and oxygen atoms in total. The number of benzene rings is 2. The Labute approximate surface area is 185 Å². The first-order chi connectivity index (χ1) is 15.0. The Bertz CT molecular complexity index is 1130. The number of thiazole rings is 1. The molecule has 31 heavy (non-hydrogen) atoms. The van der Waals surface area contributed by atoms with Gasteiger partial charge < -0.3 is 9.47 Å². The van der Waals surface area contributed by atoms with E-state index in [9.17, 15) is 4.79 Å². The van der Waals surface area contributed by atoms with Gasteiger partial charge in [0.05, 0.1) is 12.8 Å². The molecule has 0 aliphatic heterocycles. The second kappa shape index (κ2) is 10.4. The summed E-state index contributed by atoms with van der Waals surface area (Å²) in [6, 6.07) is 15.5. The molecular formula is C24H23N3O3S. The van der Waals surface area contributed by atoms with E-state index < -0.39 is 0 Å². The average Bonchev–Trinajstić information content (AvgIpc) is 3.16. The van der Waals surface area contributed by atoms with E-state index >= 15 is 0 Å². The fraction of sp³-hybridized carbons (Fsp3) is 0.208. The molecule has 0 spiro atoms. The molecular weight excluding hydrogens is 410 g/mol. The van der Waals surface area contributed by atoms with Crippen LogP contribution in [0.15, 0.2) is 48.5 Å². The third-order valence-electron chi connectivity index (χ3n) is 4.57. The lowest BCUT2D eigenvalue weighted by Crippen LogP contribution is -2.07. The third-order valence-corrected chi connectivity index (χ3v) is 5.46. The number of aromatic nitrogens is 1. The molecule has 1 N–H and O–H groups in total. The SMILES string of the molecule is CCc1ccc(-c2nc(NC(=O)C=Cc3ccc(OCC#N)c(OC)c3)sc2C)cc1. The summed E-state index contributed by atoms with van der Waals surface area (Å²) in [5.74, 6) is 0.695. The maximum atomic E-state index is 12.4. The van der Waals surface area contributed by atoms with Crippen molar-refractivity contribution < 1.29 is 14.3 Å². The highest BCUT2D eigenvalue weighted by atomic mass is 32.1. The van der Waals surface area contributed by atoms with E-state index in [4.69, 9.17) is 14.7 Å². The summed E-state index contributed by atoms with van der Waals surface area (Å²) in [6.07, 6.45) is 4.11. The van der Waals surface area contributed by atoms with Crippen LogP contribution >= 0.6 is 11.3 Å². The molecule has 0 fully saturated rings. The van der Waals surface area contributed by atoms with E-state index in [1.54, 1.807) is 24.3 Å². The number of nitriles is 1. The molecule has 7 heteroatoms. The number of anilines is 1. The van der Waals surface area contributed by atoms with Gasteiger partial charge in [0.1, 0.15) is 6.07 Å². The van der Waals surface area contributed by atoms with Gasteiger partial charge in [-0.05, 0) is 42.7 Å². The summed E-state index contributed by atoms with van der Waals surface area (Å²) in [4.78, 5) is 18.0. The Balaban J connectivity index is 1.68. The number of carbonyl (C=O) groups is 1. The summed E-state index contributed by atoms with van der Waals surface area (Å²) in [7, 11) is 1.52. The molecule has 0 aliphatic rings. The molecule has 1 amide bonds. The van der Waals surface area contributed by atoms with Crippen molar-refractivity contribution in [3.05, 3.63) is 64.5 Å². The lowest BCUT2D eigenvalue weighted by Gasteiger charge is -2.08. The zero-order chi connectivity index (χ0) is 22.2. The van der Waals surface area contributed by atoms with Gasteiger partial charge in [-0.1, -0.05) is 37.3 Å². The largest absolute Gasteiger partial charge is 0.493 e. The number of aryl methyl sites for hydroxylation is 2. The molecule has 0 bridgehead atoms. The number of amides is 1. The van der Waals surface area contributed by atoms with Gasteiger partial charge in [-0.25, -0.2) is 4.98 Å². The number of rotatable bonds is 8. The fourth-order valence-corrected chi connectivity index (χ4v) is 3.79. The standard InChI is InChI=1S/C24H23N3O3S/c1-4-17-5-9-19(10-6-17)23-16(2)31-24(27-23)26-22(28)12-8-18-7-11-20(30-14-13-25)21(15-18)29-3/h5-12,15H,4,14H2,1-3H3,(H,26,27,28). The number of nitrogens with one attached hydrogen (secondary N) is 1. The molecule has 2 aromatic carbocycles. The van der Waals surface area contributed by atoms with E-state index in [0.29, 0.717) is 16.6 Å². The molecule has 1 aromatic heterocycles. The summed E-state index contributed by atoms with van der Waals surface area (Å²) < 4.78 is 10.6. The van der Waals surface area contributed by atoms with Crippen molar-refractivity contribution in [1.82, 2.24) is 4.98 Å². The smallest absolute Gasteiger partial charge is 0.250 e. The van der Waals surface area contributed by atoms with Crippen molar-refractivity contribution >= 4 is 28.5 Å². The first-order valence-electron chi connectivity index (χ1n) is 9.77. The Morgan fingerprint density at radius 1 is 1.23 bits per heavy atom. The van der Waals surface area contributed by atoms with Gasteiger partial charge in [0.2, 0.25) is 5.91 Å². The minimum Gasteiger partial charge on any atom is -0.493 e. The van der Waals surface area contributed by atoms with Gasteiger partial charge >= 0.3 is 0 Å². The highest BCUT2D eigenvalue weighted by Crippen LogP contribution is 2.31. The molecule has 0 aliphatic carbocycles. The van der Waals surface area contributed by atoms with Crippen LogP contribution in [0.25, 0.3) is 17.3 Å². The Kier molecular flexibility index (Phi) is 7.41. The van der Waals surface area contributed by atoms with Crippen LogP contribution in [0.5, 0.6) is 11.5 Å². The fourth-order valence-electron chi connectivity index (χ4n) is 2.95. The number of ether oxygens (including phenoxy) is 2. The Morgan fingerprint density at radius 3 is 2.68 bits per heavy atom. The van der Waals surface area contributed by atoms with E-state index in [-0.39, 0.29) is 12.5 Å². The number of nitrogens with zero attached hydrogens (tertiary/aromatic N) is 2. The quantitative estimate of drug-likeness (QED) is 0.491. The number of hydrogen-bond acceptors (Lipinski definition) is 6. The maximum Gasteiger partial charge on any atom is 0.250 e. The first kappa shape index (κ1) is 22.1. The van der Waals surface area contributed by atoms with Gasteiger partial charge in [-0.2, -0.15) is 5.26 Å². The van der Waals surface area contributed by atoms with Gasteiger partial charge in [0, 0.05) is 16.5 Å². The van der Waals surface area contributed by atoms with Gasteiger partial charge in [0.25, 0.3) is 0 Å². The second-order valence-electron chi connectivity index (χ2n) is 6.65. The molecule has 0 saturated carbocycles. The van der Waals surface area contributed by atoms with Gasteiger partial charge in [-0.15, -0.1) is 11.3 Å². The van der Waals surface area contributed by atoms with Gasteiger partial charge in [0.15, 0.2) is 23.2 Å². The molecule has 0 unspecified atom stereocenters.